The number of carbonyl (C=O) groups excluding carboxylic acids is 1. The first-order chi connectivity index (χ1) is 17.7. The smallest absolute Gasteiger partial charge is 0.321 e. The number of amides is 2. The molecule has 1 N–H and O–H groups in total. The van der Waals surface area contributed by atoms with E-state index in [1.165, 1.54) is 5.69 Å². The topological polar surface area (TPSA) is 62.1 Å². The zero-order chi connectivity index (χ0) is 24.5. The number of nitrogens with one attached hydrogen (secondary N) is 1. The van der Waals surface area contributed by atoms with Gasteiger partial charge in [-0.2, -0.15) is 0 Å². The summed E-state index contributed by atoms with van der Waals surface area (Å²) in [5.41, 5.74) is 5.27. The van der Waals surface area contributed by atoms with Gasteiger partial charge in [-0.1, -0.05) is 59.9 Å². The van der Waals surface area contributed by atoms with Gasteiger partial charge in [0.15, 0.2) is 4.96 Å². The minimum absolute atomic E-state index is 0.0460. The molecule has 8 heteroatoms. The number of rotatable bonds is 5. The minimum Gasteiger partial charge on any atom is -0.497 e. The van der Waals surface area contributed by atoms with E-state index in [1.54, 1.807) is 18.4 Å². The molecule has 1 saturated heterocycles. The van der Waals surface area contributed by atoms with Crippen LogP contribution in [0.25, 0.3) is 26.4 Å². The van der Waals surface area contributed by atoms with Gasteiger partial charge in [-0.25, -0.2) is 9.78 Å². The average molecular weight is 498 g/mol. The summed E-state index contributed by atoms with van der Waals surface area (Å²) in [7, 11) is 1.69. The predicted molar refractivity (Wildman–Crippen MR) is 145 cm³/mol. The van der Waals surface area contributed by atoms with Gasteiger partial charge in [0, 0.05) is 44.0 Å². The van der Waals surface area contributed by atoms with Crippen LogP contribution in [0.3, 0.4) is 0 Å². The van der Waals surface area contributed by atoms with Crippen LogP contribution in [-0.4, -0.2) is 58.5 Å². The fraction of sp³-hybridized carbons (Fsp3) is 0.214. The van der Waals surface area contributed by atoms with Crippen LogP contribution in [0.2, 0.25) is 0 Å². The molecule has 0 atom stereocenters. The molecule has 7 nitrogen and oxygen atoms in total. The molecule has 1 aliphatic heterocycles. The number of hydrogen-bond acceptors (Lipinski definition) is 5. The highest BCUT2D eigenvalue weighted by Gasteiger charge is 2.25. The highest BCUT2D eigenvalue weighted by atomic mass is 32.1. The number of urea groups is 1. The largest absolute Gasteiger partial charge is 0.497 e. The number of ether oxygens (including phenoxy) is 1. The van der Waals surface area contributed by atoms with E-state index in [2.05, 4.69) is 51.0 Å². The maximum Gasteiger partial charge on any atom is 0.321 e. The summed E-state index contributed by atoms with van der Waals surface area (Å²) in [5.74, 6) is 0.849. The molecule has 182 valence electrons. The molecule has 3 heterocycles. The zero-order valence-corrected chi connectivity index (χ0v) is 20.9. The number of anilines is 1. The van der Waals surface area contributed by atoms with Crippen molar-refractivity contribution in [2.75, 3.05) is 38.6 Å². The molecule has 1 aliphatic rings. The molecule has 0 aliphatic carbocycles. The molecule has 0 radical (unpaired) electrons. The van der Waals surface area contributed by atoms with Crippen LogP contribution in [0.4, 0.5) is 10.5 Å². The molecular formula is C28H27N5O2S. The van der Waals surface area contributed by atoms with Crippen molar-refractivity contribution < 1.29 is 9.53 Å². The number of fused-ring (bicyclic) bond motifs is 3. The normalized spacial score (nSPS) is 14.4. The van der Waals surface area contributed by atoms with E-state index in [4.69, 9.17) is 9.72 Å². The van der Waals surface area contributed by atoms with Gasteiger partial charge in [0.2, 0.25) is 0 Å². The Morgan fingerprint density at radius 1 is 0.972 bits per heavy atom. The van der Waals surface area contributed by atoms with Crippen molar-refractivity contribution in [3.8, 4) is 17.0 Å². The summed E-state index contributed by atoms with van der Waals surface area (Å²) in [4.78, 5) is 23.1. The maximum absolute atomic E-state index is 12.7. The highest BCUT2D eigenvalue weighted by Crippen LogP contribution is 2.35. The summed E-state index contributed by atoms with van der Waals surface area (Å²) in [5, 5.41) is 3.00. The molecule has 6 rings (SSSR count). The number of piperazine rings is 1. The van der Waals surface area contributed by atoms with Crippen LogP contribution < -0.4 is 10.1 Å². The Kier molecular flexibility index (Phi) is 6.04. The lowest BCUT2D eigenvalue weighted by atomic mass is 10.1. The Morgan fingerprint density at radius 3 is 2.42 bits per heavy atom. The fourth-order valence-corrected chi connectivity index (χ4v) is 5.82. The van der Waals surface area contributed by atoms with E-state index in [0.29, 0.717) is 13.1 Å². The minimum atomic E-state index is -0.0460. The number of carbonyl (C=O) groups is 1. The van der Waals surface area contributed by atoms with Gasteiger partial charge in [-0.3, -0.25) is 9.30 Å². The lowest BCUT2D eigenvalue weighted by Crippen LogP contribution is -2.49. The molecular weight excluding hydrogens is 470 g/mol. The molecule has 0 bridgehead atoms. The highest BCUT2D eigenvalue weighted by molar-refractivity contribution is 7.23. The lowest BCUT2D eigenvalue weighted by Gasteiger charge is -2.34. The number of nitrogens with zero attached hydrogens (tertiary/aromatic N) is 4. The number of thiazole rings is 1. The summed E-state index contributed by atoms with van der Waals surface area (Å²) < 4.78 is 8.88. The van der Waals surface area contributed by atoms with E-state index in [1.807, 2.05) is 47.4 Å². The monoisotopic (exact) mass is 497 g/mol. The van der Waals surface area contributed by atoms with Crippen LogP contribution in [0.1, 0.15) is 5.69 Å². The predicted octanol–water partition coefficient (Wildman–Crippen LogP) is 5.57. The van der Waals surface area contributed by atoms with Crippen molar-refractivity contribution in [3.63, 3.8) is 0 Å². The van der Waals surface area contributed by atoms with Crippen LogP contribution in [0, 0.1) is 0 Å². The van der Waals surface area contributed by atoms with Gasteiger partial charge < -0.3 is 15.0 Å². The van der Waals surface area contributed by atoms with Gasteiger partial charge in [-0.05, 0) is 30.3 Å². The van der Waals surface area contributed by atoms with E-state index >= 15 is 0 Å². The second kappa shape index (κ2) is 9.64. The fourth-order valence-electron chi connectivity index (χ4n) is 4.75. The average Bonchev–Trinajstić information content (AvgIpc) is 3.46. The number of para-hydroxylation sites is 1. The van der Waals surface area contributed by atoms with Crippen molar-refractivity contribution in [1.29, 1.82) is 0 Å². The van der Waals surface area contributed by atoms with Crippen LogP contribution >= 0.6 is 11.3 Å². The third kappa shape index (κ3) is 4.29. The van der Waals surface area contributed by atoms with Gasteiger partial charge in [0.1, 0.15) is 5.75 Å². The molecule has 0 spiro atoms. The van der Waals surface area contributed by atoms with E-state index in [9.17, 15) is 4.79 Å². The quantitative estimate of drug-likeness (QED) is 0.345. The Morgan fingerprint density at radius 2 is 1.69 bits per heavy atom. The van der Waals surface area contributed by atoms with E-state index in [0.717, 1.165) is 57.5 Å². The Balaban J connectivity index is 1.26. The van der Waals surface area contributed by atoms with Gasteiger partial charge in [-0.15, -0.1) is 0 Å². The Bertz CT molecular complexity index is 1510. The first-order valence-electron chi connectivity index (χ1n) is 12.1. The third-order valence-corrected chi connectivity index (χ3v) is 7.66. The van der Waals surface area contributed by atoms with Crippen LogP contribution in [0.15, 0.2) is 78.9 Å². The first-order valence-corrected chi connectivity index (χ1v) is 12.9. The standard InChI is InChI=1S/C28H27N5O2S/c1-35-22-12-13-23-25(18-22)36-28-30-26(20-8-4-2-5-9-20)24(33(23)28)19-31-14-16-32(17-15-31)27(34)29-21-10-6-3-7-11-21/h2-13,18H,14-17,19H2,1H3,(H,29,34). The maximum atomic E-state index is 12.7. The number of methoxy groups -OCH3 is 1. The summed E-state index contributed by atoms with van der Waals surface area (Å²) in [6, 6.07) is 26.1. The SMILES string of the molecule is COc1ccc2c(c1)sc1nc(-c3ccccc3)c(CN3CCN(C(=O)Nc4ccccc4)CC3)n12. The van der Waals surface area contributed by atoms with Crippen molar-refractivity contribution in [1.82, 2.24) is 19.2 Å². The Labute approximate surface area is 213 Å². The molecule has 2 aromatic heterocycles. The van der Waals surface area contributed by atoms with Gasteiger partial charge in [0.05, 0.1) is 28.7 Å². The Hall–Kier alpha value is -3.88. The van der Waals surface area contributed by atoms with E-state index < -0.39 is 0 Å². The number of aromatic nitrogens is 2. The van der Waals surface area contributed by atoms with Gasteiger partial charge >= 0.3 is 6.03 Å². The zero-order valence-electron chi connectivity index (χ0n) is 20.1. The van der Waals surface area contributed by atoms with Crippen LogP contribution in [-0.2, 0) is 6.54 Å². The summed E-state index contributed by atoms with van der Waals surface area (Å²) in [6.07, 6.45) is 0. The lowest BCUT2D eigenvalue weighted by molar-refractivity contribution is 0.142. The van der Waals surface area contributed by atoms with Crippen molar-refractivity contribution in [2.45, 2.75) is 6.54 Å². The molecule has 5 aromatic rings. The second-order valence-electron chi connectivity index (χ2n) is 8.89. The molecule has 2 amide bonds. The first kappa shape index (κ1) is 22.6. The number of imidazole rings is 1. The molecule has 0 saturated carbocycles. The summed E-state index contributed by atoms with van der Waals surface area (Å²) in [6.45, 7) is 3.74. The van der Waals surface area contributed by atoms with E-state index in [-0.39, 0.29) is 6.03 Å². The summed E-state index contributed by atoms with van der Waals surface area (Å²) >= 11 is 1.68. The molecule has 3 aromatic carbocycles. The number of hydrogen-bond donors (Lipinski definition) is 1. The van der Waals surface area contributed by atoms with Crippen molar-refractivity contribution in [2.24, 2.45) is 0 Å². The third-order valence-electron chi connectivity index (χ3n) is 6.66. The molecule has 0 unspecified atom stereocenters. The van der Waals surface area contributed by atoms with Crippen molar-refractivity contribution >= 4 is 38.2 Å². The number of benzene rings is 3. The van der Waals surface area contributed by atoms with Crippen molar-refractivity contribution in [3.05, 3.63) is 84.6 Å². The molecule has 1 fully saturated rings. The van der Waals surface area contributed by atoms with Crippen LogP contribution in [0.5, 0.6) is 5.75 Å². The van der Waals surface area contributed by atoms with Gasteiger partial charge in [0.25, 0.3) is 0 Å². The second-order valence-corrected chi connectivity index (χ2v) is 9.90. The molecule has 36 heavy (non-hydrogen) atoms.